The van der Waals surface area contributed by atoms with Gasteiger partial charge in [0.25, 0.3) is 0 Å². The predicted octanol–water partition coefficient (Wildman–Crippen LogP) is -1.83. The van der Waals surface area contributed by atoms with Gasteiger partial charge in [0, 0.05) is 119 Å². The van der Waals surface area contributed by atoms with Gasteiger partial charge in [-0.1, -0.05) is 120 Å². The Morgan fingerprint density at radius 1 is 0.549 bits per heavy atom. The van der Waals surface area contributed by atoms with Crippen LogP contribution in [0.15, 0.2) is 97.7 Å². The molecule has 8 rings (SSSR count). The van der Waals surface area contributed by atoms with Crippen LogP contribution in [0, 0.1) is 18.3 Å². The van der Waals surface area contributed by atoms with Gasteiger partial charge < -0.3 is 120 Å². The maximum Gasteiger partial charge on any atom is 0.246 e. The number of aliphatic hydroxyl groups excluding tert-OH is 1. The number of amides is 17. The van der Waals surface area contributed by atoms with Gasteiger partial charge in [-0.3, -0.25) is 86.9 Å². The van der Waals surface area contributed by atoms with Crippen LogP contribution in [0.25, 0.3) is 21.8 Å². The van der Waals surface area contributed by atoms with Gasteiger partial charge in [-0.15, -0.1) is 11.8 Å². The highest BCUT2D eigenvalue weighted by atomic mass is 32.2. The number of aryl methyl sites for hydroxylation is 1. The molecule has 0 aliphatic carbocycles. The summed E-state index contributed by atoms with van der Waals surface area (Å²) in [5.41, 5.74) is 20.9. The Hall–Kier alpha value is -13.5. The second kappa shape index (κ2) is 50.8. The third kappa shape index (κ3) is 30.5. The van der Waals surface area contributed by atoms with Gasteiger partial charge in [-0.25, -0.2) is 4.98 Å². The van der Waals surface area contributed by atoms with Crippen molar-refractivity contribution < 1.29 is 86.6 Å². The molecule has 2 fully saturated rings. The van der Waals surface area contributed by atoms with Crippen LogP contribution in [-0.2, 0) is 107 Å². The topological polar surface area (TPSA) is 621 Å². The average molecular weight is 1870 g/mol. The summed E-state index contributed by atoms with van der Waals surface area (Å²) in [7, 11) is 5.26. The molecule has 3 aromatic heterocycles. The summed E-state index contributed by atoms with van der Waals surface area (Å²) in [5, 5.41) is 49.5. The zero-order chi connectivity index (χ0) is 97.4. The fourth-order valence-electron chi connectivity index (χ4n) is 15.9. The largest absolute Gasteiger partial charge is 0.394 e. The average Bonchev–Trinajstić information content (AvgIpc) is 1.81. The molecule has 22 N–H and O–H groups in total. The van der Waals surface area contributed by atoms with E-state index in [1.807, 2.05) is 20.8 Å². The number of thioether (sulfide) groups is 1. The number of H-pyrrole nitrogens is 3. The number of primary amides is 2. The van der Waals surface area contributed by atoms with Crippen molar-refractivity contribution in [2.45, 2.75) is 223 Å². The minimum absolute atomic E-state index is 0.00109. The molecule has 2 aliphatic rings. The molecule has 133 heavy (non-hydrogen) atoms. The lowest BCUT2D eigenvalue weighted by Gasteiger charge is -2.36. The van der Waals surface area contributed by atoms with E-state index in [4.69, 9.17) is 22.6 Å². The van der Waals surface area contributed by atoms with Crippen LogP contribution in [0.1, 0.15) is 140 Å². The number of unbranched alkanes of at least 4 members (excludes halogenated alkanes) is 2. The number of aromatic amines is 3. The third-order valence-corrected chi connectivity index (χ3v) is 24.5. The van der Waals surface area contributed by atoms with Crippen LogP contribution in [0.3, 0.4) is 0 Å². The molecule has 42 nitrogen and oxygen atoms in total. The molecule has 2 aliphatic heterocycles. The number of aromatic nitrogens is 4. The number of nitrogens with two attached hydrogens (primary N) is 3. The first-order valence-electron chi connectivity index (χ1n) is 44.6. The SMILES string of the molecule is CCCC[C@H]1C(=O)N(C)[C@@H](CCCC)C(=O)N[C@@H](CCCNC(=N)N)C(=O)N[C@H](C(=O)NCC(N)=O)CSCC(=O)N[C@@H](Cc2ccc(C)cc2)C(=O)N(C)[C@@H](C)C(=O)N[C@@H](CC(N)=O)C(=O)N2CCC[C@H]2C(=O)N[C@@H](Cc2cnc[nH]2)C(=O)N[C@@H](CC(C)C)C(=O)N(C)CC(=O)N[C@@H](Cc2c[nH]c3ccccc23)C(=O)N[C@@H](CO)C(=O)N[C@@H](Cc2c[nH]c3ccccc23)C(=O)N1C. The summed E-state index contributed by atoms with van der Waals surface area (Å²) < 4.78 is 0. The second-order valence-electron chi connectivity index (χ2n) is 34.2. The molecular formula is C90H128N24O18S. The number of imidazole rings is 1. The van der Waals surface area contributed by atoms with Crippen LogP contribution in [0.4, 0.5) is 0 Å². The van der Waals surface area contributed by atoms with Crippen molar-refractivity contribution in [2.24, 2.45) is 23.1 Å². The molecule has 2 saturated heterocycles. The number of benzene rings is 3. The maximum atomic E-state index is 15.7. The molecule has 0 spiro atoms. The van der Waals surface area contributed by atoms with Crippen molar-refractivity contribution in [1.29, 1.82) is 5.41 Å². The fraction of sp³-hybridized carbons (Fsp3) is 0.522. The van der Waals surface area contributed by atoms with Crippen molar-refractivity contribution in [3.8, 4) is 0 Å². The number of hydrogen-bond donors (Lipinski definition) is 19. The summed E-state index contributed by atoms with van der Waals surface area (Å²) in [4.78, 5) is 267. The molecule has 13 atom stereocenters. The molecule has 3 aromatic carbocycles. The Kier molecular flexibility index (Phi) is 40.1. The van der Waals surface area contributed by atoms with Crippen LogP contribution in [0.5, 0.6) is 0 Å². The Morgan fingerprint density at radius 2 is 1.09 bits per heavy atom. The van der Waals surface area contributed by atoms with Gasteiger partial charge in [0.15, 0.2) is 5.96 Å². The van der Waals surface area contributed by atoms with E-state index in [1.165, 1.54) is 47.6 Å². The minimum Gasteiger partial charge on any atom is -0.394 e. The smallest absolute Gasteiger partial charge is 0.246 e. The third-order valence-electron chi connectivity index (χ3n) is 23.4. The number of aliphatic hydroxyl groups is 1. The molecule has 6 aromatic rings. The number of fused-ring (bicyclic) bond motifs is 3. The molecule has 0 bridgehead atoms. The number of nitrogens with one attached hydrogen (secondary N) is 15. The Labute approximate surface area is 775 Å². The lowest BCUT2D eigenvalue weighted by Crippen LogP contribution is -2.61. The van der Waals surface area contributed by atoms with Gasteiger partial charge in [0.05, 0.1) is 38.2 Å². The molecular weight excluding hydrogens is 1740 g/mol. The van der Waals surface area contributed by atoms with Gasteiger partial charge in [0.2, 0.25) is 100 Å². The van der Waals surface area contributed by atoms with Crippen molar-refractivity contribution in [1.82, 2.24) is 103 Å². The van der Waals surface area contributed by atoms with Gasteiger partial charge in [0.1, 0.15) is 78.5 Å². The molecule has 0 saturated carbocycles. The number of nitrogens with zero attached hydrogens (tertiary/aromatic N) is 6. The lowest BCUT2D eigenvalue weighted by molar-refractivity contribution is -0.149. The van der Waals surface area contributed by atoms with Crippen molar-refractivity contribution >= 4 is 140 Å². The summed E-state index contributed by atoms with van der Waals surface area (Å²) in [5.74, 6) is -17.1. The molecule has 17 amide bonds. The number of hydrogen-bond acceptors (Lipinski definition) is 21. The normalized spacial score (nSPS) is 23.4. The van der Waals surface area contributed by atoms with E-state index in [9.17, 15) is 62.6 Å². The van der Waals surface area contributed by atoms with Gasteiger partial charge in [-0.05, 0) is 93.5 Å². The molecule has 5 heterocycles. The lowest BCUT2D eigenvalue weighted by atomic mass is 10.00. The summed E-state index contributed by atoms with van der Waals surface area (Å²) in [6.45, 7) is 7.76. The van der Waals surface area contributed by atoms with E-state index in [0.29, 0.717) is 69.9 Å². The van der Waals surface area contributed by atoms with E-state index < -0.39 is 223 Å². The van der Waals surface area contributed by atoms with E-state index in [-0.39, 0.29) is 89.6 Å². The zero-order valence-corrected chi connectivity index (χ0v) is 77.6. The predicted molar refractivity (Wildman–Crippen MR) is 494 cm³/mol. The number of guanidine groups is 1. The summed E-state index contributed by atoms with van der Waals surface area (Å²) >= 11 is 0.797. The number of carbonyl (C=O) groups excluding carboxylic acids is 17. The van der Waals surface area contributed by atoms with E-state index in [0.717, 1.165) is 41.8 Å². The van der Waals surface area contributed by atoms with E-state index >= 15 is 24.0 Å². The molecule has 43 heteroatoms. The number of likely N-dealkylation sites (N-methyl/N-ethyl adjacent to an activating group) is 4. The Balaban J connectivity index is 1.18. The van der Waals surface area contributed by atoms with Crippen molar-refractivity contribution in [3.05, 3.63) is 126 Å². The number of carbonyl (C=O) groups is 17. The van der Waals surface area contributed by atoms with Crippen molar-refractivity contribution in [3.63, 3.8) is 0 Å². The number of rotatable bonds is 26. The first kappa shape index (κ1) is 105. The van der Waals surface area contributed by atoms with Gasteiger partial charge >= 0.3 is 0 Å². The standard InChI is InChI=1S/C90H128N24O18S/c1-11-13-26-70-83(126)103-61(25-19-33-96-90(93)94)79(122)109-69(78(121)99-44-74(92)117)47-133-48-76(119)102-65(36-53-31-29-51(5)30-32-53)86(129)111(8)52(6)77(120)105-67(40-73(91)116)88(131)114-34-20-28-71(114)84(127)104-63(39-56-43-95-49-100-56)81(124)106-64(35-50(3)4)85(128)110(7)45-75(118)101-62(37-54-41-97-59-23-17-15-21-57(54)59)80(123)108-68(46-115)82(125)107-66(38-55-42-98-60-24-18-16-22-58(55)60)87(130)113(10)72(27-14-12-2)89(132)112(70)9/h15-18,21-24,29-32,41-43,49-50,52,61-72,97-98,115H,11-14,19-20,25-28,33-40,44-48H2,1-10H3,(H2,91,116)(H2,92,117)(H,95,100)(H,99,121)(H,101,118)(H,102,119)(H,103,126)(H,104,127)(H,105,120)(H,106,124)(H,107,125)(H,108,123)(H,109,122)(H4,93,94,96)/t52-,61-,62-,63-,64-,65-,66-,67-,68-,69-,70-,71-,72-/m0/s1. The second-order valence-corrected chi connectivity index (χ2v) is 35.2. The fourth-order valence-corrected chi connectivity index (χ4v) is 16.8. The van der Waals surface area contributed by atoms with Crippen molar-refractivity contribution in [2.75, 3.05) is 72.5 Å². The highest BCUT2D eigenvalue weighted by molar-refractivity contribution is 8.00. The van der Waals surface area contributed by atoms with Crippen LogP contribution < -0.4 is 75.7 Å². The van der Waals surface area contributed by atoms with Crippen LogP contribution in [0.2, 0.25) is 0 Å². The molecule has 0 unspecified atom stereocenters. The minimum atomic E-state index is -1.85. The number of para-hydroxylation sites is 2. The highest BCUT2D eigenvalue weighted by Gasteiger charge is 2.44. The molecule has 722 valence electrons. The van der Waals surface area contributed by atoms with Crippen LogP contribution in [-0.4, -0.2) is 307 Å². The van der Waals surface area contributed by atoms with Gasteiger partial charge in [-0.2, -0.15) is 0 Å². The maximum absolute atomic E-state index is 15.7. The first-order chi connectivity index (χ1) is 63.3. The molecule has 0 radical (unpaired) electrons. The monoisotopic (exact) mass is 1860 g/mol. The zero-order valence-electron chi connectivity index (χ0n) is 76.8. The van der Waals surface area contributed by atoms with E-state index in [1.54, 1.807) is 99.0 Å². The quantitative estimate of drug-likeness (QED) is 0.0161. The summed E-state index contributed by atoms with van der Waals surface area (Å²) in [6.07, 6.45) is 6.00. The highest BCUT2D eigenvalue weighted by Crippen LogP contribution is 2.26. The Morgan fingerprint density at radius 3 is 1.68 bits per heavy atom. The van der Waals surface area contributed by atoms with Crippen LogP contribution >= 0.6 is 11.8 Å². The first-order valence-corrected chi connectivity index (χ1v) is 45.8. The Bertz CT molecular complexity index is 5100. The van der Waals surface area contributed by atoms with E-state index in [2.05, 4.69) is 78.4 Å². The summed E-state index contributed by atoms with van der Waals surface area (Å²) in [6, 6.07) is 1.42.